The molecule has 0 amide bonds. The van der Waals surface area contributed by atoms with Gasteiger partial charge in [0.2, 0.25) is 0 Å². The zero-order valence-electron chi connectivity index (χ0n) is 8.91. The fraction of sp³-hybridized carbons (Fsp3) is 0.333. The van der Waals surface area contributed by atoms with Crippen LogP contribution in [0.1, 0.15) is 11.1 Å². The molecule has 1 rings (SSSR count). The number of aliphatic hydroxyl groups excluding tert-OH is 1. The maximum absolute atomic E-state index is 8.55. The van der Waals surface area contributed by atoms with Crippen LogP contribution in [0.3, 0.4) is 0 Å². The third-order valence-corrected chi connectivity index (χ3v) is 1.82. The number of hydrogen-bond donors (Lipinski definition) is 1. The first-order valence-corrected chi connectivity index (χ1v) is 4.60. The maximum Gasteiger partial charge on any atom is 0.188 e. The van der Waals surface area contributed by atoms with E-state index in [1.165, 1.54) is 0 Å². The zero-order valence-corrected chi connectivity index (χ0v) is 8.91. The zero-order chi connectivity index (χ0) is 11.1. The van der Waals surface area contributed by atoms with Crippen molar-refractivity contribution in [3.63, 3.8) is 0 Å². The highest BCUT2D eigenvalue weighted by Crippen LogP contribution is 2.18. The lowest BCUT2D eigenvalue weighted by atomic mass is 10.1. The van der Waals surface area contributed by atoms with Gasteiger partial charge in [-0.15, -0.1) is 0 Å². The van der Waals surface area contributed by atoms with Gasteiger partial charge in [0.15, 0.2) is 6.79 Å². The van der Waals surface area contributed by atoms with Gasteiger partial charge in [-0.3, -0.25) is 0 Å². The predicted octanol–water partition coefficient (Wildman–Crippen LogP) is 1.32. The number of rotatable bonds is 3. The van der Waals surface area contributed by atoms with Crippen LogP contribution in [0, 0.1) is 18.8 Å². The molecule has 3 nitrogen and oxygen atoms in total. The molecule has 0 aliphatic rings. The Hall–Kier alpha value is -1.50. The molecule has 0 aromatic heterocycles. The lowest BCUT2D eigenvalue weighted by molar-refractivity contribution is 0.0506. The molecule has 0 heterocycles. The largest absolute Gasteiger partial charge is 0.467 e. The highest BCUT2D eigenvalue weighted by atomic mass is 16.7. The van der Waals surface area contributed by atoms with Crippen molar-refractivity contribution < 1.29 is 14.6 Å². The summed E-state index contributed by atoms with van der Waals surface area (Å²) in [6, 6.07) is 5.60. The van der Waals surface area contributed by atoms with Crippen molar-refractivity contribution in [3.05, 3.63) is 29.3 Å². The van der Waals surface area contributed by atoms with Crippen LogP contribution in [0.2, 0.25) is 0 Å². The minimum Gasteiger partial charge on any atom is -0.467 e. The summed E-state index contributed by atoms with van der Waals surface area (Å²) in [6.07, 6.45) is 0. The van der Waals surface area contributed by atoms with E-state index in [-0.39, 0.29) is 13.4 Å². The Labute approximate surface area is 89.6 Å². The molecule has 1 aromatic rings. The summed E-state index contributed by atoms with van der Waals surface area (Å²) in [5, 5.41) is 8.55. The quantitative estimate of drug-likeness (QED) is 0.599. The standard InChI is InChI=1S/C12H14O3/c1-10-8-11(4-3-7-13)5-6-12(10)15-9-14-2/h5-6,8,13H,7,9H2,1-2H3. The van der Waals surface area contributed by atoms with Crippen molar-refractivity contribution in [2.24, 2.45) is 0 Å². The van der Waals surface area contributed by atoms with Gasteiger partial charge in [0, 0.05) is 12.7 Å². The Kier molecular flexibility index (Phi) is 4.69. The van der Waals surface area contributed by atoms with Crippen LogP contribution in [-0.2, 0) is 4.74 Å². The highest BCUT2D eigenvalue weighted by molar-refractivity contribution is 5.43. The van der Waals surface area contributed by atoms with E-state index in [1.807, 2.05) is 25.1 Å². The molecule has 1 N–H and O–H groups in total. The van der Waals surface area contributed by atoms with E-state index in [1.54, 1.807) is 7.11 Å². The second-order valence-electron chi connectivity index (χ2n) is 2.99. The molecule has 0 spiro atoms. The molecule has 1 aromatic carbocycles. The van der Waals surface area contributed by atoms with Crippen molar-refractivity contribution in [2.75, 3.05) is 20.5 Å². The molecule has 0 radical (unpaired) electrons. The highest BCUT2D eigenvalue weighted by Gasteiger charge is 1.99. The van der Waals surface area contributed by atoms with Crippen molar-refractivity contribution in [1.29, 1.82) is 0 Å². The smallest absolute Gasteiger partial charge is 0.188 e. The summed E-state index contributed by atoms with van der Waals surface area (Å²) in [5.74, 6) is 6.21. The number of hydrogen-bond acceptors (Lipinski definition) is 3. The minimum absolute atomic E-state index is 0.124. The normalized spacial score (nSPS) is 9.27. The summed E-state index contributed by atoms with van der Waals surface area (Å²) >= 11 is 0. The number of aliphatic hydroxyl groups is 1. The molecule has 0 bridgehead atoms. The monoisotopic (exact) mass is 206 g/mol. The van der Waals surface area contributed by atoms with Crippen LogP contribution in [-0.4, -0.2) is 25.6 Å². The molecule has 80 valence electrons. The topological polar surface area (TPSA) is 38.7 Å². The van der Waals surface area contributed by atoms with Crippen LogP contribution in [0.5, 0.6) is 5.75 Å². The van der Waals surface area contributed by atoms with Crippen LogP contribution < -0.4 is 4.74 Å². The molecule has 0 fully saturated rings. The Bertz CT molecular complexity index is 374. The van der Waals surface area contributed by atoms with Crippen molar-refractivity contribution in [2.45, 2.75) is 6.92 Å². The minimum atomic E-state index is -0.124. The number of benzene rings is 1. The summed E-state index contributed by atoms with van der Waals surface area (Å²) < 4.78 is 10.1. The van der Waals surface area contributed by atoms with Crippen molar-refractivity contribution >= 4 is 0 Å². The number of methoxy groups -OCH3 is 1. The Balaban J connectivity index is 2.78. The Morgan fingerprint density at radius 2 is 2.20 bits per heavy atom. The van der Waals surface area contributed by atoms with E-state index in [4.69, 9.17) is 14.6 Å². The molecule has 15 heavy (non-hydrogen) atoms. The molecule has 0 saturated carbocycles. The molecule has 3 heteroatoms. The Morgan fingerprint density at radius 1 is 1.40 bits per heavy atom. The second kappa shape index (κ2) is 6.07. The summed E-state index contributed by atoms with van der Waals surface area (Å²) in [7, 11) is 1.58. The molecule has 0 unspecified atom stereocenters. The van der Waals surface area contributed by atoms with Gasteiger partial charge in [0.1, 0.15) is 12.4 Å². The van der Waals surface area contributed by atoms with Crippen LogP contribution in [0.15, 0.2) is 18.2 Å². The molecule has 0 atom stereocenters. The summed E-state index contributed by atoms with van der Waals surface area (Å²) in [6.45, 7) is 2.05. The van der Waals surface area contributed by atoms with Crippen LogP contribution in [0.4, 0.5) is 0 Å². The van der Waals surface area contributed by atoms with Gasteiger partial charge >= 0.3 is 0 Å². The predicted molar refractivity (Wildman–Crippen MR) is 57.6 cm³/mol. The third kappa shape index (κ3) is 3.62. The first-order chi connectivity index (χ1) is 7.27. The van der Waals surface area contributed by atoms with Crippen LogP contribution >= 0.6 is 0 Å². The van der Waals surface area contributed by atoms with E-state index in [2.05, 4.69) is 11.8 Å². The first kappa shape index (κ1) is 11.6. The molecule has 0 aliphatic heterocycles. The summed E-state index contributed by atoms with van der Waals surface area (Å²) in [4.78, 5) is 0. The van der Waals surface area contributed by atoms with Gasteiger partial charge in [0.05, 0.1) is 0 Å². The fourth-order valence-electron chi connectivity index (χ4n) is 1.15. The van der Waals surface area contributed by atoms with E-state index in [0.29, 0.717) is 0 Å². The number of ether oxygens (including phenoxy) is 2. The van der Waals surface area contributed by atoms with Gasteiger partial charge in [-0.05, 0) is 30.7 Å². The second-order valence-corrected chi connectivity index (χ2v) is 2.99. The van der Waals surface area contributed by atoms with Crippen molar-refractivity contribution in [1.82, 2.24) is 0 Å². The van der Waals surface area contributed by atoms with Gasteiger partial charge in [-0.1, -0.05) is 11.8 Å². The van der Waals surface area contributed by atoms with E-state index < -0.39 is 0 Å². The van der Waals surface area contributed by atoms with Gasteiger partial charge in [-0.2, -0.15) is 0 Å². The SMILES string of the molecule is COCOc1ccc(C#CCO)cc1C. The third-order valence-electron chi connectivity index (χ3n) is 1.82. The average molecular weight is 206 g/mol. The van der Waals surface area contributed by atoms with E-state index >= 15 is 0 Å². The number of aryl methyl sites for hydroxylation is 1. The first-order valence-electron chi connectivity index (χ1n) is 4.60. The molecular weight excluding hydrogens is 192 g/mol. The van der Waals surface area contributed by atoms with Gasteiger partial charge in [0.25, 0.3) is 0 Å². The van der Waals surface area contributed by atoms with Crippen LogP contribution in [0.25, 0.3) is 0 Å². The molecular formula is C12H14O3. The van der Waals surface area contributed by atoms with Gasteiger partial charge in [-0.25, -0.2) is 0 Å². The van der Waals surface area contributed by atoms with Gasteiger partial charge < -0.3 is 14.6 Å². The van der Waals surface area contributed by atoms with Crippen molar-refractivity contribution in [3.8, 4) is 17.6 Å². The average Bonchev–Trinajstić information content (AvgIpc) is 2.25. The molecule has 0 aliphatic carbocycles. The van der Waals surface area contributed by atoms with E-state index in [9.17, 15) is 0 Å². The Morgan fingerprint density at radius 3 is 2.80 bits per heavy atom. The summed E-state index contributed by atoms with van der Waals surface area (Å²) in [5.41, 5.74) is 1.86. The molecule has 0 saturated heterocycles. The maximum atomic E-state index is 8.55. The lowest BCUT2D eigenvalue weighted by Gasteiger charge is -2.07. The lowest BCUT2D eigenvalue weighted by Crippen LogP contribution is -2.00. The fourth-order valence-corrected chi connectivity index (χ4v) is 1.15. The van der Waals surface area contributed by atoms with E-state index in [0.717, 1.165) is 16.9 Å².